The van der Waals surface area contributed by atoms with E-state index in [4.69, 9.17) is 13.9 Å². The summed E-state index contributed by atoms with van der Waals surface area (Å²) in [5.41, 5.74) is 0.635. The highest BCUT2D eigenvalue weighted by Crippen LogP contribution is 2.30. The number of furan rings is 1. The van der Waals surface area contributed by atoms with E-state index in [-0.39, 0.29) is 11.3 Å². The topological polar surface area (TPSA) is 72.5 Å². The van der Waals surface area contributed by atoms with Gasteiger partial charge in [0.2, 0.25) is 5.78 Å². The van der Waals surface area contributed by atoms with E-state index in [1.807, 2.05) is 23.6 Å². The van der Waals surface area contributed by atoms with E-state index in [0.29, 0.717) is 23.7 Å². The number of methoxy groups -OCH3 is 1. The summed E-state index contributed by atoms with van der Waals surface area (Å²) in [5.74, 6) is 0.780. The first kappa shape index (κ1) is 17.5. The first-order valence-electron chi connectivity index (χ1n) is 7.74. The van der Waals surface area contributed by atoms with Crippen LogP contribution in [0.5, 0.6) is 11.5 Å². The molecule has 0 saturated heterocycles. The second kappa shape index (κ2) is 8.19. The van der Waals surface area contributed by atoms with Crippen LogP contribution >= 0.6 is 11.3 Å². The maximum atomic E-state index is 12.3. The number of nitrogens with zero attached hydrogens (tertiary/aromatic N) is 1. The van der Waals surface area contributed by atoms with E-state index in [0.717, 1.165) is 4.88 Å². The molecule has 1 aromatic carbocycles. The first-order chi connectivity index (χ1) is 12.7. The Morgan fingerprint density at radius 3 is 2.81 bits per heavy atom. The molecule has 3 rings (SSSR count). The van der Waals surface area contributed by atoms with Crippen molar-refractivity contribution in [2.24, 2.45) is 0 Å². The monoisotopic (exact) mass is 365 g/mol. The molecule has 0 bridgehead atoms. The smallest absolute Gasteiger partial charge is 0.238 e. The number of ether oxygens (including phenoxy) is 2. The highest BCUT2D eigenvalue weighted by molar-refractivity contribution is 7.09. The minimum Gasteiger partial charge on any atom is -0.493 e. The van der Waals surface area contributed by atoms with Crippen LogP contribution in [0.15, 0.2) is 64.1 Å². The number of carbonyl (C=O) groups is 1. The Morgan fingerprint density at radius 1 is 1.27 bits per heavy atom. The molecule has 0 saturated carbocycles. The van der Waals surface area contributed by atoms with Gasteiger partial charge in [-0.15, -0.1) is 11.3 Å². The molecule has 0 spiro atoms. The molecule has 26 heavy (non-hydrogen) atoms. The zero-order valence-corrected chi connectivity index (χ0v) is 14.8. The van der Waals surface area contributed by atoms with Crippen LogP contribution in [-0.4, -0.2) is 12.9 Å². The lowest BCUT2D eigenvalue weighted by Gasteiger charge is -2.10. The summed E-state index contributed by atoms with van der Waals surface area (Å²) in [6.07, 6.45) is 2.89. The number of thiophene rings is 1. The van der Waals surface area contributed by atoms with Crippen molar-refractivity contribution in [2.45, 2.75) is 6.61 Å². The van der Waals surface area contributed by atoms with Crippen molar-refractivity contribution in [3.8, 4) is 17.6 Å². The third-order valence-electron chi connectivity index (χ3n) is 3.56. The summed E-state index contributed by atoms with van der Waals surface area (Å²) in [7, 11) is 1.54. The Kier molecular flexibility index (Phi) is 5.52. The van der Waals surface area contributed by atoms with Gasteiger partial charge >= 0.3 is 0 Å². The minimum atomic E-state index is -0.463. The molecule has 2 heterocycles. The van der Waals surface area contributed by atoms with Gasteiger partial charge in [-0.1, -0.05) is 12.1 Å². The van der Waals surface area contributed by atoms with Crippen LogP contribution in [0.25, 0.3) is 6.08 Å². The van der Waals surface area contributed by atoms with E-state index in [1.54, 1.807) is 42.7 Å². The summed E-state index contributed by atoms with van der Waals surface area (Å²) >= 11 is 1.61. The molecule has 0 aliphatic rings. The van der Waals surface area contributed by atoms with E-state index in [9.17, 15) is 10.1 Å². The van der Waals surface area contributed by atoms with Crippen molar-refractivity contribution in [1.82, 2.24) is 0 Å². The normalized spacial score (nSPS) is 11.0. The molecular weight excluding hydrogens is 350 g/mol. The second-order valence-electron chi connectivity index (χ2n) is 5.25. The van der Waals surface area contributed by atoms with Crippen molar-refractivity contribution < 1.29 is 18.7 Å². The molecule has 3 aromatic rings. The number of rotatable bonds is 7. The van der Waals surface area contributed by atoms with Crippen molar-refractivity contribution in [2.75, 3.05) is 7.11 Å². The van der Waals surface area contributed by atoms with Crippen LogP contribution in [0.2, 0.25) is 0 Å². The lowest BCUT2D eigenvalue weighted by Crippen LogP contribution is -2.00. The fraction of sp³-hybridized carbons (Fsp3) is 0.100. The molecule has 6 heteroatoms. The number of nitriles is 1. The molecule has 0 amide bonds. The largest absolute Gasteiger partial charge is 0.493 e. The van der Waals surface area contributed by atoms with Gasteiger partial charge in [0.15, 0.2) is 17.3 Å². The lowest BCUT2D eigenvalue weighted by atomic mass is 10.1. The maximum Gasteiger partial charge on any atom is 0.238 e. The molecule has 130 valence electrons. The van der Waals surface area contributed by atoms with E-state index < -0.39 is 5.78 Å². The Bertz CT molecular complexity index is 950. The minimum absolute atomic E-state index is 0.0192. The average molecular weight is 365 g/mol. The molecular formula is C20H15NO4S. The quantitative estimate of drug-likeness (QED) is 0.344. The van der Waals surface area contributed by atoms with Crippen molar-refractivity contribution in [3.05, 3.63) is 75.9 Å². The summed E-state index contributed by atoms with van der Waals surface area (Å²) in [4.78, 5) is 13.4. The van der Waals surface area contributed by atoms with Gasteiger partial charge in [0, 0.05) is 4.88 Å². The lowest BCUT2D eigenvalue weighted by molar-refractivity contribution is 0.101. The maximum absolute atomic E-state index is 12.3. The number of carbonyl (C=O) groups excluding carboxylic acids is 1. The fourth-order valence-corrected chi connectivity index (χ4v) is 2.91. The second-order valence-corrected chi connectivity index (χ2v) is 6.29. The van der Waals surface area contributed by atoms with Gasteiger partial charge in [0.05, 0.1) is 13.4 Å². The Labute approximate surface area is 154 Å². The van der Waals surface area contributed by atoms with E-state index >= 15 is 0 Å². The Morgan fingerprint density at radius 2 is 2.15 bits per heavy atom. The third-order valence-corrected chi connectivity index (χ3v) is 4.41. The van der Waals surface area contributed by atoms with Crippen LogP contribution in [0.4, 0.5) is 0 Å². The van der Waals surface area contributed by atoms with Crippen LogP contribution in [0.3, 0.4) is 0 Å². The molecule has 0 radical (unpaired) electrons. The van der Waals surface area contributed by atoms with Crippen LogP contribution in [0, 0.1) is 11.3 Å². The molecule has 0 atom stereocenters. The zero-order chi connectivity index (χ0) is 18.4. The number of hydrogen-bond donors (Lipinski definition) is 0. The number of hydrogen-bond acceptors (Lipinski definition) is 6. The fourth-order valence-electron chi connectivity index (χ4n) is 2.29. The van der Waals surface area contributed by atoms with Crippen LogP contribution in [-0.2, 0) is 6.61 Å². The average Bonchev–Trinajstić information content (AvgIpc) is 3.38. The van der Waals surface area contributed by atoms with Gasteiger partial charge in [-0.3, -0.25) is 4.79 Å². The number of ketones is 1. The third kappa shape index (κ3) is 4.02. The summed E-state index contributed by atoms with van der Waals surface area (Å²) < 4.78 is 16.2. The van der Waals surface area contributed by atoms with Gasteiger partial charge in [0.25, 0.3) is 0 Å². The van der Waals surface area contributed by atoms with E-state index in [2.05, 4.69) is 0 Å². The SMILES string of the molecule is COc1cc(/C=C(\C#N)C(=O)c2ccco2)ccc1OCc1cccs1. The number of Topliss-reactive ketones (excluding diaryl/α,β-unsaturated/α-hetero) is 1. The molecule has 0 aliphatic carbocycles. The summed E-state index contributed by atoms with van der Waals surface area (Å²) in [6.45, 7) is 0.448. The van der Waals surface area contributed by atoms with Gasteiger partial charge < -0.3 is 13.9 Å². The van der Waals surface area contributed by atoms with Gasteiger partial charge in [-0.25, -0.2) is 0 Å². The van der Waals surface area contributed by atoms with Crippen molar-refractivity contribution in [1.29, 1.82) is 5.26 Å². The number of allylic oxidation sites excluding steroid dienone is 1. The molecule has 2 aromatic heterocycles. The highest BCUT2D eigenvalue weighted by atomic mass is 32.1. The van der Waals surface area contributed by atoms with Gasteiger partial charge in [-0.2, -0.15) is 5.26 Å². The predicted octanol–water partition coefficient (Wildman–Crippen LogP) is 4.72. The van der Waals surface area contributed by atoms with Gasteiger partial charge in [0.1, 0.15) is 18.2 Å². The Balaban J connectivity index is 1.81. The van der Waals surface area contributed by atoms with Crippen LogP contribution in [0.1, 0.15) is 21.0 Å². The van der Waals surface area contributed by atoms with Crippen molar-refractivity contribution >= 4 is 23.2 Å². The molecule has 0 N–H and O–H groups in total. The molecule has 0 fully saturated rings. The summed E-state index contributed by atoms with van der Waals surface area (Å²) in [5, 5.41) is 11.3. The van der Waals surface area contributed by atoms with Crippen molar-refractivity contribution in [3.63, 3.8) is 0 Å². The van der Waals surface area contributed by atoms with Gasteiger partial charge in [-0.05, 0) is 47.4 Å². The molecule has 0 aliphatic heterocycles. The standard InChI is InChI=1S/C20H15NO4S/c1-23-19-11-14(6-7-17(19)25-13-16-4-3-9-26-16)10-15(12-21)20(22)18-5-2-8-24-18/h2-11H,13H2,1H3/b15-10+. The molecule has 0 unspecified atom stereocenters. The van der Waals surface area contributed by atoms with Crippen LogP contribution < -0.4 is 9.47 Å². The highest BCUT2D eigenvalue weighted by Gasteiger charge is 2.15. The number of benzene rings is 1. The Hall–Kier alpha value is -3.30. The molecule has 5 nitrogen and oxygen atoms in total. The zero-order valence-electron chi connectivity index (χ0n) is 14.0. The summed E-state index contributed by atoms with van der Waals surface area (Å²) in [6, 6.07) is 14.2. The predicted molar refractivity (Wildman–Crippen MR) is 98.3 cm³/mol. The van der Waals surface area contributed by atoms with E-state index in [1.165, 1.54) is 18.4 Å². The first-order valence-corrected chi connectivity index (χ1v) is 8.62.